The van der Waals surface area contributed by atoms with Crippen LogP contribution in [0.5, 0.6) is 0 Å². The molecule has 0 aliphatic carbocycles. The molecule has 0 bridgehead atoms. The lowest BCUT2D eigenvalue weighted by atomic mass is 10.1. The summed E-state index contributed by atoms with van der Waals surface area (Å²) >= 11 is 6.35. The van der Waals surface area contributed by atoms with Crippen LogP contribution in [0.3, 0.4) is 0 Å². The van der Waals surface area contributed by atoms with Crippen molar-refractivity contribution in [2.24, 2.45) is 5.92 Å². The number of nitrogens with one attached hydrogen (secondary N) is 1. The maximum Gasteiger partial charge on any atom is 0.0642 e. The van der Waals surface area contributed by atoms with Gasteiger partial charge in [-0.1, -0.05) is 24.6 Å². The summed E-state index contributed by atoms with van der Waals surface area (Å²) in [6.07, 6.45) is 1.05. The minimum atomic E-state index is 0.270. The third-order valence-electron chi connectivity index (χ3n) is 3.48. The number of anilines is 1. The molecule has 1 atom stereocenters. The van der Waals surface area contributed by atoms with Crippen molar-refractivity contribution in [1.29, 1.82) is 0 Å². The Kier molecular flexibility index (Phi) is 4.87. The minimum absolute atomic E-state index is 0.270. The van der Waals surface area contributed by atoms with Crippen molar-refractivity contribution in [3.05, 3.63) is 28.8 Å². The van der Waals surface area contributed by atoms with Gasteiger partial charge in [0.25, 0.3) is 0 Å². The molecular formula is C14H21ClN2O. The molecule has 2 rings (SSSR count). The molecule has 1 aliphatic heterocycles. The van der Waals surface area contributed by atoms with E-state index >= 15 is 0 Å². The van der Waals surface area contributed by atoms with Crippen molar-refractivity contribution in [3.63, 3.8) is 0 Å². The fourth-order valence-electron chi connectivity index (χ4n) is 2.39. The van der Waals surface area contributed by atoms with Crippen LogP contribution in [-0.2, 0) is 6.54 Å². The molecule has 1 aromatic rings. The van der Waals surface area contributed by atoms with Crippen LogP contribution in [0.4, 0.5) is 5.69 Å². The highest BCUT2D eigenvalue weighted by Crippen LogP contribution is 2.31. The monoisotopic (exact) mass is 268 g/mol. The highest BCUT2D eigenvalue weighted by molar-refractivity contribution is 6.33. The van der Waals surface area contributed by atoms with Crippen molar-refractivity contribution in [3.8, 4) is 0 Å². The lowest BCUT2D eigenvalue weighted by Gasteiger charge is -2.20. The van der Waals surface area contributed by atoms with Crippen molar-refractivity contribution >= 4 is 17.3 Å². The van der Waals surface area contributed by atoms with Gasteiger partial charge in [-0.05, 0) is 30.7 Å². The Morgan fingerprint density at radius 2 is 2.33 bits per heavy atom. The predicted molar refractivity (Wildman–Crippen MR) is 76.2 cm³/mol. The molecule has 1 aliphatic rings. The summed E-state index contributed by atoms with van der Waals surface area (Å²) in [7, 11) is 0. The topological polar surface area (TPSA) is 35.5 Å². The smallest absolute Gasteiger partial charge is 0.0642 e. The van der Waals surface area contributed by atoms with Gasteiger partial charge in [0, 0.05) is 32.2 Å². The van der Waals surface area contributed by atoms with Gasteiger partial charge in [-0.2, -0.15) is 0 Å². The first-order valence-electron chi connectivity index (χ1n) is 6.59. The van der Waals surface area contributed by atoms with Gasteiger partial charge in [-0.3, -0.25) is 0 Å². The first-order valence-corrected chi connectivity index (χ1v) is 6.97. The van der Waals surface area contributed by atoms with E-state index in [-0.39, 0.29) is 6.61 Å². The molecular weight excluding hydrogens is 248 g/mol. The second kappa shape index (κ2) is 6.41. The molecule has 3 nitrogen and oxygen atoms in total. The summed E-state index contributed by atoms with van der Waals surface area (Å²) in [6, 6.07) is 6.25. The second-order valence-corrected chi connectivity index (χ2v) is 5.26. The van der Waals surface area contributed by atoms with E-state index in [1.54, 1.807) is 0 Å². The Morgan fingerprint density at radius 1 is 1.50 bits per heavy atom. The van der Waals surface area contributed by atoms with Gasteiger partial charge in [0.1, 0.15) is 0 Å². The standard InChI is InChI=1S/C14H21ClN2O/c1-2-16-8-11-3-4-14(13(15)7-11)17-6-5-12(9-17)10-18/h3-4,7,12,16,18H,2,5-6,8-10H2,1H3. The van der Waals surface area contributed by atoms with Crippen LogP contribution in [0.25, 0.3) is 0 Å². The molecule has 0 saturated carbocycles. The molecule has 1 fully saturated rings. The van der Waals surface area contributed by atoms with E-state index in [0.29, 0.717) is 5.92 Å². The lowest BCUT2D eigenvalue weighted by molar-refractivity contribution is 0.238. The van der Waals surface area contributed by atoms with Crippen LogP contribution in [0.15, 0.2) is 18.2 Å². The third kappa shape index (κ3) is 3.16. The quantitative estimate of drug-likeness (QED) is 0.860. The van der Waals surface area contributed by atoms with Crippen LogP contribution in [0, 0.1) is 5.92 Å². The molecule has 0 aromatic heterocycles. The number of benzene rings is 1. The minimum Gasteiger partial charge on any atom is -0.396 e. The largest absolute Gasteiger partial charge is 0.396 e. The first kappa shape index (κ1) is 13.7. The van der Waals surface area contributed by atoms with E-state index in [4.69, 9.17) is 11.6 Å². The van der Waals surface area contributed by atoms with Gasteiger partial charge < -0.3 is 15.3 Å². The Hall–Kier alpha value is -0.770. The maximum absolute atomic E-state index is 9.17. The fraction of sp³-hybridized carbons (Fsp3) is 0.571. The average Bonchev–Trinajstić information content (AvgIpc) is 2.85. The van der Waals surface area contributed by atoms with Crippen LogP contribution in [0.1, 0.15) is 18.9 Å². The zero-order chi connectivity index (χ0) is 13.0. The van der Waals surface area contributed by atoms with E-state index in [1.165, 1.54) is 5.56 Å². The summed E-state index contributed by atoms with van der Waals surface area (Å²) in [4.78, 5) is 2.26. The number of halogens is 1. The predicted octanol–water partition coefficient (Wildman–Crippen LogP) is 2.27. The lowest BCUT2D eigenvalue weighted by Crippen LogP contribution is -2.21. The Balaban J connectivity index is 2.05. The van der Waals surface area contributed by atoms with E-state index in [9.17, 15) is 5.11 Å². The van der Waals surface area contributed by atoms with Crippen molar-refractivity contribution in [2.75, 3.05) is 31.1 Å². The molecule has 0 amide bonds. The zero-order valence-electron chi connectivity index (χ0n) is 10.8. The highest BCUT2D eigenvalue weighted by Gasteiger charge is 2.23. The average molecular weight is 269 g/mol. The van der Waals surface area contributed by atoms with Crippen molar-refractivity contribution < 1.29 is 5.11 Å². The first-order chi connectivity index (χ1) is 8.74. The molecule has 1 unspecified atom stereocenters. The SMILES string of the molecule is CCNCc1ccc(N2CCC(CO)C2)c(Cl)c1. The van der Waals surface area contributed by atoms with Crippen LogP contribution in [0.2, 0.25) is 5.02 Å². The van der Waals surface area contributed by atoms with E-state index in [2.05, 4.69) is 29.3 Å². The fourth-order valence-corrected chi connectivity index (χ4v) is 2.71. The van der Waals surface area contributed by atoms with Gasteiger partial charge >= 0.3 is 0 Å². The Bertz CT molecular complexity index is 397. The summed E-state index contributed by atoms with van der Waals surface area (Å²) in [5.74, 6) is 0.391. The van der Waals surface area contributed by atoms with E-state index < -0.39 is 0 Å². The molecule has 100 valence electrons. The van der Waals surface area contributed by atoms with Gasteiger partial charge in [0.2, 0.25) is 0 Å². The number of hydrogen-bond acceptors (Lipinski definition) is 3. The number of nitrogens with zero attached hydrogens (tertiary/aromatic N) is 1. The summed E-state index contributed by atoms with van der Waals surface area (Å²) < 4.78 is 0. The van der Waals surface area contributed by atoms with Crippen LogP contribution < -0.4 is 10.2 Å². The third-order valence-corrected chi connectivity index (χ3v) is 3.78. The summed E-state index contributed by atoms with van der Waals surface area (Å²) in [5, 5.41) is 13.3. The number of aliphatic hydroxyl groups is 1. The molecule has 1 heterocycles. The number of aliphatic hydroxyl groups excluding tert-OH is 1. The van der Waals surface area contributed by atoms with Crippen LogP contribution in [-0.4, -0.2) is 31.3 Å². The number of rotatable bonds is 5. The Labute approximate surface area is 114 Å². The molecule has 0 radical (unpaired) electrons. The van der Waals surface area contributed by atoms with Crippen LogP contribution >= 0.6 is 11.6 Å². The number of hydrogen-bond donors (Lipinski definition) is 2. The highest BCUT2D eigenvalue weighted by atomic mass is 35.5. The van der Waals surface area contributed by atoms with Crippen molar-refractivity contribution in [2.45, 2.75) is 19.9 Å². The zero-order valence-corrected chi connectivity index (χ0v) is 11.6. The van der Waals surface area contributed by atoms with E-state index in [1.807, 2.05) is 6.07 Å². The van der Waals surface area contributed by atoms with Gasteiger partial charge in [-0.15, -0.1) is 0 Å². The molecule has 0 spiro atoms. The van der Waals surface area contributed by atoms with Gasteiger partial charge in [0.05, 0.1) is 10.7 Å². The molecule has 4 heteroatoms. The normalized spacial score (nSPS) is 19.5. The molecule has 1 saturated heterocycles. The second-order valence-electron chi connectivity index (χ2n) is 4.85. The van der Waals surface area contributed by atoms with Gasteiger partial charge in [-0.25, -0.2) is 0 Å². The summed E-state index contributed by atoms with van der Waals surface area (Å²) in [5.41, 5.74) is 2.30. The van der Waals surface area contributed by atoms with Gasteiger partial charge in [0.15, 0.2) is 0 Å². The van der Waals surface area contributed by atoms with E-state index in [0.717, 1.165) is 43.3 Å². The summed E-state index contributed by atoms with van der Waals surface area (Å²) in [6.45, 7) is 6.07. The molecule has 18 heavy (non-hydrogen) atoms. The Morgan fingerprint density at radius 3 is 2.94 bits per heavy atom. The van der Waals surface area contributed by atoms with Crippen molar-refractivity contribution in [1.82, 2.24) is 5.32 Å². The molecule has 2 N–H and O–H groups in total. The maximum atomic E-state index is 9.17. The molecule has 1 aromatic carbocycles.